The van der Waals surface area contributed by atoms with E-state index >= 15 is 0 Å². The average molecular weight is 228 g/mol. The minimum atomic E-state index is 0.120. The molecule has 2 aromatic heterocycles. The van der Waals surface area contributed by atoms with Crippen LogP contribution in [0.1, 0.15) is 5.56 Å². The molecule has 0 aliphatic carbocycles. The van der Waals surface area contributed by atoms with Crippen LogP contribution < -0.4 is 10.5 Å². The molecule has 0 aliphatic heterocycles. The highest BCUT2D eigenvalue weighted by Gasteiger charge is 2.07. The molecule has 0 bridgehead atoms. The molecule has 0 radical (unpaired) electrons. The maximum absolute atomic E-state index is 8.69. The van der Waals surface area contributed by atoms with Crippen LogP contribution in [0.4, 0.5) is 5.82 Å². The normalized spacial score (nSPS) is 9.65. The fourth-order valence-electron chi connectivity index (χ4n) is 1.15. The number of aromatic nitrogens is 4. The van der Waals surface area contributed by atoms with Crippen LogP contribution in [-0.2, 0) is 0 Å². The van der Waals surface area contributed by atoms with Gasteiger partial charge in [0.05, 0.1) is 13.3 Å². The van der Waals surface area contributed by atoms with Gasteiger partial charge in [0.2, 0.25) is 5.88 Å². The second kappa shape index (κ2) is 4.40. The first-order chi connectivity index (χ1) is 8.24. The SMILES string of the molecule is COc1ccc(-c2ncc(C#N)c(N)n2)nn1. The maximum atomic E-state index is 8.69. The molecule has 7 heteroatoms. The zero-order valence-electron chi connectivity index (χ0n) is 8.95. The van der Waals surface area contributed by atoms with Crippen molar-refractivity contribution in [3.05, 3.63) is 23.9 Å². The lowest BCUT2D eigenvalue weighted by atomic mass is 10.3. The van der Waals surface area contributed by atoms with Crippen molar-refractivity contribution in [2.24, 2.45) is 0 Å². The Hall–Kier alpha value is -2.75. The van der Waals surface area contributed by atoms with E-state index in [4.69, 9.17) is 15.7 Å². The van der Waals surface area contributed by atoms with Crippen LogP contribution in [0.3, 0.4) is 0 Å². The summed E-state index contributed by atoms with van der Waals surface area (Å²) in [5, 5.41) is 16.4. The highest BCUT2D eigenvalue weighted by atomic mass is 16.5. The van der Waals surface area contributed by atoms with Gasteiger partial charge in [0, 0.05) is 6.07 Å². The maximum Gasteiger partial charge on any atom is 0.233 e. The summed E-state index contributed by atoms with van der Waals surface area (Å²) in [6.07, 6.45) is 1.35. The number of nitrogens with two attached hydrogens (primary N) is 1. The van der Waals surface area contributed by atoms with E-state index < -0.39 is 0 Å². The molecule has 2 heterocycles. The Labute approximate surface area is 96.9 Å². The third-order valence-corrected chi connectivity index (χ3v) is 2.02. The van der Waals surface area contributed by atoms with E-state index in [1.54, 1.807) is 12.1 Å². The lowest BCUT2D eigenvalue weighted by Gasteiger charge is -2.01. The van der Waals surface area contributed by atoms with Gasteiger partial charge >= 0.3 is 0 Å². The third-order valence-electron chi connectivity index (χ3n) is 2.02. The summed E-state index contributed by atoms with van der Waals surface area (Å²) in [6, 6.07) is 5.18. The number of nitrogens with zero attached hydrogens (tertiary/aromatic N) is 5. The first-order valence-corrected chi connectivity index (χ1v) is 4.65. The molecule has 0 amide bonds. The minimum Gasteiger partial charge on any atom is -0.480 e. The van der Waals surface area contributed by atoms with Gasteiger partial charge in [-0.05, 0) is 6.07 Å². The summed E-state index contributed by atoms with van der Waals surface area (Å²) in [5.41, 5.74) is 6.27. The number of anilines is 1. The van der Waals surface area contributed by atoms with Gasteiger partial charge in [0.25, 0.3) is 0 Å². The Kier molecular flexibility index (Phi) is 2.79. The van der Waals surface area contributed by atoms with Gasteiger partial charge in [-0.15, -0.1) is 10.2 Å². The van der Waals surface area contributed by atoms with Gasteiger partial charge in [0.15, 0.2) is 5.82 Å². The summed E-state index contributed by atoms with van der Waals surface area (Å²) < 4.78 is 4.88. The van der Waals surface area contributed by atoms with Crippen molar-refractivity contribution >= 4 is 5.82 Å². The van der Waals surface area contributed by atoms with E-state index in [0.717, 1.165) is 0 Å². The molecular formula is C10H8N6O. The highest BCUT2D eigenvalue weighted by molar-refractivity contribution is 5.55. The third kappa shape index (κ3) is 2.10. The fraction of sp³-hybridized carbons (Fsp3) is 0.100. The fourth-order valence-corrected chi connectivity index (χ4v) is 1.15. The Morgan fingerprint density at radius 3 is 2.71 bits per heavy atom. The molecular weight excluding hydrogens is 220 g/mol. The van der Waals surface area contributed by atoms with Crippen molar-refractivity contribution in [3.8, 4) is 23.5 Å². The van der Waals surface area contributed by atoms with Crippen LogP contribution in [-0.4, -0.2) is 27.3 Å². The van der Waals surface area contributed by atoms with Crippen LogP contribution in [0, 0.1) is 11.3 Å². The molecule has 2 aromatic rings. The lowest BCUT2D eigenvalue weighted by Crippen LogP contribution is -2.01. The van der Waals surface area contributed by atoms with E-state index in [2.05, 4.69) is 20.2 Å². The molecule has 2 N–H and O–H groups in total. The number of hydrogen-bond acceptors (Lipinski definition) is 7. The summed E-state index contributed by atoms with van der Waals surface area (Å²) in [7, 11) is 1.50. The van der Waals surface area contributed by atoms with Crippen molar-refractivity contribution < 1.29 is 4.74 Å². The molecule has 0 unspecified atom stereocenters. The number of methoxy groups -OCH3 is 1. The second-order valence-electron chi connectivity index (χ2n) is 3.07. The zero-order chi connectivity index (χ0) is 12.3. The molecule has 0 saturated heterocycles. The second-order valence-corrected chi connectivity index (χ2v) is 3.07. The van der Waals surface area contributed by atoms with Crippen LogP contribution in [0.5, 0.6) is 5.88 Å². The molecule has 0 atom stereocenters. The molecule has 2 rings (SSSR count). The summed E-state index contributed by atoms with van der Waals surface area (Å²) in [6.45, 7) is 0. The Morgan fingerprint density at radius 2 is 2.18 bits per heavy atom. The van der Waals surface area contributed by atoms with Crippen LogP contribution in [0.15, 0.2) is 18.3 Å². The van der Waals surface area contributed by atoms with E-state index in [1.165, 1.54) is 13.3 Å². The van der Waals surface area contributed by atoms with Crippen molar-refractivity contribution in [3.63, 3.8) is 0 Å². The number of hydrogen-bond donors (Lipinski definition) is 1. The minimum absolute atomic E-state index is 0.120. The molecule has 0 aliphatic rings. The summed E-state index contributed by atoms with van der Waals surface area (Å²) in [4.78, 5) is 7.95. The molecule has 0 saturated carbocycles. The van der Waals surface area contributed by atoms with Crippen LogP contribution >= 0.6 is 0 Å². The smallest absolute Gasteiger partial charge is 0.233 e. The van der Waals surface area contributed by atoms with Crippen molar-refractivity contribution in [2.75, 3.05) is 12.8 Å². The van der Waals surface area contributed by atoms with Crippen LogP contribution in [0.2, 0.25) is 0 Å². The monoisotopic (exact) mass is 228 g/mol. The van der Waals surface area contributed by atoms with E-state index in [1.807, 2.05) is 6.07 Å². The van der Waals surface area contributed by atoms with Gasteiger partial charge in [0.1, 0.15) is 23.1 Å². The molecule has 17 heavy (non-hydrogen) atoms. The van der Waals surface area contributed by atoms with Gasteiger partial charge in [-0.25, -0.2) is 9.97 Å². The summed E-state index contributed by atoms with van der Waals surface area (Å²) >= 11 is 0. The first-order valence-electron chi connectivity index (χ1n) is 4.65. The van der Waals surface area contributed by atoms with E-state index in [-0.39, 0.29) is 11.4 Å². The van der Waals surface area contributed by atoms with Crippen LogP contribution in [0.25, 0.3) is 11.5 Å². The van der Waals surface area contributed by atoms with Gasteiger partial charge in [-0.3, -0.25) is 0 Å². The predicted octanol–water partition coefficient (Wildman–Crippen LogP) is 0.396. The highest BCUT2D eigenvalue weighted by Crippen LogP contribution is 2.15. The molecule has 0 aromatic carbocycles. The standard InChI is InChI=1S/C10H8N6O/c1-17-8-3-2-7(15-16-8)10-13-5-6(4-11)9(12)14-10/h2-3,5H,1H3,(H2,12,13,14). The topological polar surface area (TPSA) is 111 Å². The van der Waals surface area contributed by atoms with Crippen molar-refractivity contribution in [1.82, 2.24) is 20.2 Å². The molecule has 0 fully saturated rings. The number of ether oxygens (including phenoxy) is 1. The molecule has 84 valence electrons. The van der Waals surface area contributed by atoms with E-state index in [0.29, 0.717) is 17.4 Å². The van der Waals surface area contributed by atoms with Gasteiger partial charge in [-0.1, -0.05) is 0 Å². The van der Waals surface area contributed by atoms with E-state index in [9.17, 15) is 0 Å². The number of rotatable bonds is 2. The molecule has 0 spiro atoms. The zero-order valence-corrected chi connectivity index (χ0v) is 8.95. The quantitative estimate of drug-likeness (QED) is 0.791. The molecule has 7 nitrogen and oxygen atoms in total. The Bertz CT molecular complexity index is 574. The van der Waals surface area contributed by atoms with Crippen molar-refractivity contribution in [1.29, 1.82) is 5.26 Å². The largest absolute Gasteiger partial charge is 0.480 e. The van der Waals surface area contributed by atoms with Gasteiger partial charge < -0.3 is 10.5 Å². The predicted molar refractivity (Wildman–Crippen MR) is 58.7 cm³/mol. The number of nitrogen functional groups attached to an aromatic ring is 1. The Balaban J connectivity index is 2.40. The Morgan fingerprint density at radius 1 is 1.35 bits per heavy atom. The van der Waals surface area contributed by atoms with Crippen molar-refractivity contribution in [2.45, 2.75) is 0 Å². The number of nitriles is 1. The average Bonchev–Trinajstić information content (AvgIpc) is 2.39. The lowest BCUT2D eigenvalue weighted by molar-refractivity contribution is 0.392. The first kappa shape index (κ1) is 10.8. The van der Waals surface area contributed by atoms with Gasteiger partial charge in [-0.2, -0.15) is 5.26 Å². The summed E-state index contributed by atoms with van der Waals surface area (Å²) in [5.74, 6) is 0.835.